The highest BCUT2D eigenvalue weighted by Crippen LogP contribution is 2.27. The van der Waals surface area contributed by atoms with Gasteiger partial charge in [-0.2, -0.15) is 4.31 Å². The summed E-state index contributed by atoms with van der Waals surface area (Å²) >= 11 is 1.39. The first-order chi connectivity index (χ1) is 9.95. The van der Waals surface area contributed by atoms with E-state index in [2.05, 4.69) is 10.2 Å². The van der Waals surface area contributed by atoms with Crippen molar-refractivity contribution in [3.8, 4) is 0 Å². The van der Waals surface area contributed by atoms with Crippen LogP contribution < -0.4 is 5.32 Å². The Kier molecular flexibility index (Phi) is 5.79. The molecular weight excluding hydrogens is 306 g/mol. The van der Waals surface area contributed by atoms with E-state index in [1.165, 1.54) is 11.3 Å². The minimum atomic E-state index is -3.36. The molecule has 1 aromatic heterocycles. The number of hydrogen-bond donors (Lipinski definition) is 1. The third-order valence-corrected chi connectivity index (χ3v) is 7.53. The van der Waals surface area contributed by atoms with E-state index in [4.69, 9.17) is 0 Å². The second-order valence-corrected chi connectivity index (χ2v) is 9.05. The van der Waals surface area contributed by atoms with Gasteiger partial charge in [0.25, 0.3) is 10.0 Å². The van der Waals surface area contributed by atoms with Crippen LogP contribution in [0.5, 0.6) is 0 Å². The van der Waals surface area contributed by atoms with Gasteiger partial charge in [0, 0.05) is 24.5 Å². The van der Waals surface area contributed by atoms with Crippen LogP contribution in [0.25, 0.3) is 0 Å². The second kappa shape index (κ2) is 7.19. The summed E-state index contributed by atoms with van der Waals surface area (Å²) in [6.45, 7) is 2.73. The summed E-state index contributed by atoms with van der Waals surface area (Å²) in [6, 6.07) is 3.75. The molecule has 120 valence electrons. The molecule has 2 heterocycles. The highest BCUT2D eigenvalue weighted by Gasteiger charge is 2.31. The number of hydrogen-bond acceptors (Lipinski definition) is 5. The third-order valence-electron chi connectivity index (χ3n) is 4.01. The first-order valence-electron chi connectivity index (χ1n) is 7.35. The summed E-state index contributed by atoms with van der Waals surface area (Å²) in [7, 11) is 2.30. The largest absolute Gasteiger partial charge is 0.319 e. The Bertz CT molecular complexity index is 556. The maximum atomic E-state index is 12.7. The molecule has 1 saturated heterocycles. The number of nitrogens with one attached hydrogen (secondary N) is 1. The third kappa shape index (κ3) is 4.04. The Hall–Kier alpha value is -0.470. The Morgan fingerprint density at radius 3 is 2.90 bits per heavy atom. The lowest BCUT2D eigenvalue weighted by molar-refractivity contribution is 0.188. The summed E-state index contributed by atoms with van der Waals surface area (Å²) in [4.78, 5) is 3.31. The minimum Gasteiger partial charge on any atom is -0.319 e. The summed E-state index contributed by atoms with van der Waals surface area (Å²) in [6.07, 6.45) is 2.86. The normalized spacial score (nSPS) is 21.0. The molecule has 5 nitrogen and oxygen atoms in total. The van der Waals surface area contributed by atoms with E-state index >= 15 is 0 Å². The van der Waals surface area contributed by atoms with Crippen molar-refractivity contribution in [2.24, 2.45) is 0 Å². The number of nitrogens with zero attached hydrogens (tertiary/aromatic N) is 2. The zero-order valence-corrected chi connectivity index (χ0v) is 14.6. The van der Waals surface area contributed by atoms with Crippen molar-refractivity contribution in [1.82, 2.24) is 14.5 Å². The predicted molar refractivity (Wildman–Crippen MR) is 87.4 cm³/mol. The second-order valence-electron chi connectivity index (χ2n) is 5.65. The first-order valence-corrected chi connectivity index (χ1v) is 9.60. The van der Waals surface area contributed by atoms with Crippen LogP contribution in [-0.2, 0) is 16.4 Å². The van der Waals surface area contributed by atoms with Gasteiger partial charge in [0.05, 0.1) is 0 Å². The van der Waals surface area contributed by atoms with Gasteiger partial charge in [-0.05, 0) is 58.6 Å². The van der Waals surface area contributed by atoms with Gasteiger partial charge in [-0.25, -0.2) is 8.42 Å². The van der Waals surface area contributed by atoms with E-state index in [0.717, 1.165) is 43.8 Å². The lowest BCUT2D eigenvalue weighted by Gasteiger charge is -2.34. The van der Waals surface area contributed by atoms with E-state index in [1.807, 2.05) is 20.2 Å². The van der Waals surface area contributed by atoms with E-state index in [-0.39, 0.29) is 6.04 Å². The van der Waals surface area contributed by atoms with E-state index in [9.17, 15) is 8.42 Å². The minimum absolute atomic E-state index is 0.0802. The van der Waals surface area contributed by atoms with Crippen LogP contribution in [0.3, 0.4) is 0 Å². The average Bonchev–Trinajstić information content (AvgIpc) is 2.93. The molecule has 0 amide bonds. The van der Waals surface area contributed by atoms with Crippen molar-refractivity contribution in [3.05, 3.63) is 17.0 Å². The average molecular weight is 332 g/mol. The molecule has 1 aromatic rings. The van der Waals surface area contributed by atoms with Gasteiger partial charge in [0.1, 0.15) is 4.21 Å². The van der Waals surface area contributed by atoms with E-state index in [0.29, 0.717) is 4.21 Å². The molecule has 0 saturated carbocycles. The highest BCUT2D eigenvalue weighted by molar-refractivity contribution is 7.91. The van der Waals surface area contributed by atoms with Crippen LogP contribution >= 0.6 is 11.3 Å². The van der Waals surface area contributed by atoms with Gasteiger partial charge in [0.2, 0.25) is 0 Å². The maximum absolute atomic E-state index is 12.7. The van der Waals surface area contributed by atoms with Crippen molar-refractivity contribution in [2.75, 3.05) is 40.8 Å². The molecule has 0 radical (unpaired) electrons. The number of thiophene rings is 1. The topological polar surface area (TPSA) is 52.7 Å². The fraction of sp³-hybridized carbons (Fsp3) is 0.714. The molecule has 1 aliphatic rings. The Morgan fingerprint density at radius 1 is 1.48 bits per heavy atom. The molecule has 7 heteroatoms. The fourth-order valence-electron chi connectivity index (χ4n) is 2.65. The van der Waals surface area contributed by atoms with Crippen molar-refractivity contribution >= 4 is 21.4 Å². The molecule has 21 heavy (non-hydrogen) atoms. The summed E-state index contributed by atoms with van der Waals surface area (Å²) in [5, 5.41) is 3.08. The van der Waals surface area contributed by atoms with E-state index in [1.54, 1.807) is 17.4 Å². The molecule has 1 fully saturated rings. The van der Waals surface area contributed by atoms with Crippen LogP contribution in [0.2, 0.25) is 0 Å². The smallest absolute Gasteiger partial charge is 0.252 e. The quantitative estimate of drug-likeness (QED) is 0.852. The molecule has 0 aliphatic carbocycles. The molecule has 2 rings (SSSR count). The standard InChI is InChI=1S/C14H25N3O2S2/c1-15-9-8-13-6-7-14(20-13)21(18,19)17(3)12-5-4-10-16(2)11-12/h6-7,12,15H,4-5,8-11H2,1-3H3. The Labute approximate surface area is 132 Å². The first kappa shape index (κ1) is 16.9. The SMILES string of the molecule is CNCCc1ccc(S(=O)(=O)N(C)C2CCCN(C)C2)s1. The van der Waals surface area contributed by atoms with Crippen molar-refractivity contribution in [2.45, 2.75) is 29.5 Å². The van der Waals surface area contributed by atoms with Crippen molar-refractivity contribution < 1.29 is 8.42 Å². The van der Waals surface area contributed by atoms with Gasteiger partial charge < -0.3 is 10.2 Å². The monoisotopic (exact) mass is 331 g/mol. The van der Waals surface area contributed by atoms with Crippen molar-refractivity contribution in [1.29, 1.82) is 0 Å². The van der Waals surface area contributed by atoms with Crippen LogP contribution in [0.15, 0.2) is 16.3 Å². The number of sulfonamides is 1. The molecule has 0 aromatic carbocycles. The molecule has 1 aliphatic heterocycles. The molecule has 0 bridgehead atoms. The maximum Gasteiger partial charge on any atom is 0.252 e. The number of likely N-dealkylation sites (N-methyl/N-ethyl adjacent to an activating group) is 3. The van der Waals surface area contributed by atoms with Crippen LogP contribution in [-0.4, -0.2) is 64.4 Å². The predicted octanol–water partition coefficient (Wildman–Crippen LogP) is 1.22. The Balaban J connectivity index is 2.11. The summed E-state index contributed by atoms with van der Waals surface area (Å²) < 4.78 is 27.5. The van der Waals surface area contributed by atoms with Crippen LogP contribution in [0, 0.1) is 0 Å². The van der Waals surface area contributed by atoms with Crippen LogP contribution in [0.4, 0.5) is 0 Å². The lowest BCUT2D eigenvalue weighted by atomic mass is 10.1. The Morgan fingerprint density at radius 2 is 2.24 bits per heavy atom. The molecular formula is C14H25N3O2S2. The number of rotatable bonds is 6. The molecule has 1 N–H and O–H groups in total. The summed E-state index contributed by atoms with van der Waals surface area (Å²) in [5.41, 5.74) is 0. The lowest BCUT2D eigenvalue weighted by Crippen LogP contribution is -2.47. The van der Waals surface area contributed by atoms with Gasteiger partial charge in [0.15, 0.2) is 0 Å². The number of piperidine rings is 1. The molecule has 0 spiro atoms. The fourth-order valence-corrected chi connectivity index (χ4v) is 5.57. The molecule has 1 unspecified atom stereocenters. The summed E-state index contributed by atoms with van der Waals surface area (Å²) in [5.74, 6) is 0. The van der Waals surface area contributed by atoms with Gasteiger partial charge in [-0.3, -0.25) is 0 Å². The van der Waals surface area contributed by atoms with Gasteiger partial charge in [-0.15, -0.1) is 11.3 Å². The van der Waals surface area contributed by atoms with E-state index < -0.39 is 10.0 Å². The number of likely N-dealkylation sites (tertiary alicyclic amines) is 1. The zero-order chi connectivity index (χ0) is 15.5. The zero-order valence-electron chi connectivity index (χ0n) is 13.0. The van der Waals surface area contributed by atoms with Gasteiger partial charge >= 0.3 is 0 Å². The van der Waals surface area contributed by atoms with Crippen LogP contribution in [0.1, 0.15) is 17.7 Å². The molecule has 1 atom stereocenters. The van der Waals surface area contributed by atoms with Gasteiger partial charge in [-0.1, -0.05) is 0 Å². The highest BCUT2D eigenvalue weighted by atomic mass is 32.2. The van der Waals surface area contributed by atoms with Crippen molar-refractivity contribution in [3.63, 3.8) is 0 Å².